The summed E-state index contributed by atoms with van der Waals surface area (Å²) in [7, 11) is 2.59. The molecular weight excluding hydrogens is 244 g/mol. The Labute approximate surface area is 112 Å². The van der Waals surface area contributed by atoms with Gasteiger partial charge < -0.3 is 9.47 Å². The number of carbonyl (C=O) groups is 2. The molecule has 4 nitrogen and oxygen atoms in total. The molecule has 2 rings (SSSR count). The first-order valence-electron chi connectivity index (χ1n) is 6.28. The first-order chi connectivity index (χ1) is 9.05. The van der Waals surface area contributed by atoms with Crippen LogP contribution in [0.4, 0.5) is 0 Å². The van der Waals surface area contributed by atoms with E-state index in [4.69, 9.17) is 9.47 Å². The van der Waals surface area contributed by atoms with Gasteiger partial charge in [-0.1, -0.05) is 24.3 Å². The Morgan fingerprint density at radius 1 is 1.21 bits per heavy atom. The molecule has 0 aromatic rings. The molecule has 19 heavy (non-hydrogen) atoms. The highest BCUT2D eigenvalue weighted by molar-refractivity contribution is 6.01. The van der Waals surface area contributed by atoms with Crippen LogP contribution in [0.3, 0.4) is 0 Å². The van der Waals surface area contributed by atoms with Crippen molar-refractivity contribution in [2.45, 2.75) is 25.7 Å². The first kappa shape index (κ1) is 13.6. The molecule has 0 fully saturated rings. The Morgan fingerprint density at radius 2 is 1.84 bits per heavy atom. The molecule has 0 radical (unpaired) electrons. The van der Waals surface area contributed by atoms with Gasteiger partial charge in [-0.05, 0) is 30.4 Å². The van der Waals surface area contributed by atoms with Gasteiger partial charge in [-0.25, -0.2) is 0 Å². The molecule has 0 N–H and O–H groups in total. The lowest BCUT2D eigenvalue weighted by Gasteiger charge is -2.23. The SMILES string of the molecule is C=C1CCC=CC2=C1CC(C(=O)OC)(C(=O)OC)C2. The highest BCUT2D eigenvalue weighted by Gasteiger charge is 2.53. The molecule has 0 unspecified atom stereocenters. The fourth-order valence-electron chi connectivity index (χ4n) is 2.82. The third-order valence-corrected chi connectivity index (χ3v) is 3.87. The average molecular weight is 262 g/mol. The predicted octanol–water partition coefficient (Wildman–Crippen LogP) is 2.32. The van der Waals surface area contributed by atoms with E-state index in [0.717, 1.165) is 29.6 Å². The second-order valence-electron chi connectivity index (χ2n) is 4.97. The molecule has 0 aromatic carbocycles. The number of esters is 2. The third-order valence-electron chi connectivity index (χ3n) is 3.87. The molecule has 0 spiro atoms. The standard InChI is InChI=1S/C15H18O4/c1-10-6-4-5-7-11-8-15(9-12(10)11,13(16)18-2)14(17)19-3/h5,7H,1,4,6,8-9H2,2-3H3. The maximum absolute atomic E-state index is 12.1. The molecule has 0 saturated carbocycles. The lowest BCUT2D eigenvalue weighted by Crippen LogP contribution is -2.39. The summed E-state index contributed by atoms with van der Waals surface area (Å²) < 4.78 is 9.63. The maximum atomic E-state index is 12.1. The lowest BCUT2D eigenvalue weighted by atomic mass is 9.82. The fourth-order valence-corrected chi connectivity index (χ4v) is 2.82. The van der Waals surface area contributed by atoms with Crippen molar-refractivity contribution in [3.63, 3.8) is 0 Å². The molecule has 0 saturated heterocycles. The number of hydrogen-bond donors (Lipinski definition) is 0. The highest BCUT2D eigenvalue weighted by atomic mass is 16.5. The van der Waals surface area contributed by atoms with Crippen molar-refractivity contribution in [3.8, 4) is 0 Å². The number of carbonyl (C=O) groups excluding carboxylic acids is 2. The van der Waals surface area contributed by atoms with Crippen molar-refractivity contribution in [2.75, 3.05) is 14.2 Å². The summed E-state index contributed by atoms with van der Waals surface area (Å²) in [5.41, 5.74) is 1.76. The molecule has 0 amide bonds. The van der Waals surface area contributed by atoms with Gasteiger partial charge in [0.2, 0.25) is 0 Å². The molecule has 2 aliphatic carbocycles. The third kappa shape index (κ3) is 2.11. The summed E-state index contributed by atoms with van der Waals surface area (Å²) in [5.74, 6) is -1.07. The quantitative estimate of drug-likeness (QED) is 0.566. The number of methoxy groups -OCH3 is 2. The minimum atomic E-state index is -1.24. The van der Waals surface area contributed by atoms with E-state index >= 15 is 0 Å². The summed E-state index contributed by atoms with van der Waals surface area (Å²) in [6.45, 7) is 4.05. The van der Waals surface area contributed by atoms with E-state index in [1.807, 2.05) is 6.08 Å². The number of ether oxygens (including phenoxy) is 2. The van der Waals surface area contributed by atoms with Crippen LogP contribution in [0.15, 0.2) is 35.5 Å². The predicted molar refractivity (Wildman–Crippen MR) is 70.2 cm³/mol. The van der Waals surface area contributed by atoms with E-state index in [-0.39, 0.29) is 0 Å². The minimum absolute atomic E-state index is 0.324. The van der Waals surface area contributed by atoms with Crippen molar-refractivity contribution >= 4 is 11.9 Å². The molecule has 2 aliphatic rings. The van der Waals surface area contributed by atoms with Gasteiger partial charge in [0, 0.05) is 6.42 Å². The van der Waals surface area contributed by atoms with Crippen LogP contribution in [0, 0.1) is 5.41 Å². The molecule has 102 valence electrons. The van der Waals surface area contributed by atoms with E-state index in [0.29, 0.717) is 12.8 Å². The Hall–Kier alpha value is -1.84. The summed E-state index contributed by atoms with van der Waals surface area (Å²) in [6, 6.07) is 0. The van der Waals surface area contributed by atoms with Crippen molar-refractivity contribution in [3.05, 3.63) is 35.5 Å². The van der Waals surface area contributed by atoms with Crippen LogP contribution in [0.5, 0.6) is 0 Å². The van der Waals surface area contributed by atoms with E-state index < -0.39 is 17.4 Å². The van der Waals surface area contributed by atoms with Gasteiger partial charge in [0.15, 0.2) is 5.41 Å². The molecule has 4 heteroatoms. The zero-order chi connectivity index (χ0) is 14.0. The minimum Gasteiger partial charge on any atom is -0.468 e. The van der Waals surface area contributed by atoms with Gasteiger partial charge in [-0.15, -0.1) is 0 Å². The van der Waals surface area contributed by atoms with E-state index in [2.05, 4.69) is 12.7 Å². The van der Waals surface area contributed by atoms with Crippen LogP contribution in [0.1, 0.15) is 25.7 Å². The normalized spacial score (nSPS) is 20.8. The first-order valence-corrected chi connectivity index (χ1v) is 6.28. The summed E-state index contributed by atoms with van der Waals surface area (Å²) in [4.78, 5) is 24.1. The van der Waals surface area contributed by atoms with Gasteiger partial charge >= 0.3 is 11.9 Å². The Morgan fingerprint density at radius 3 is 2.42 bits per heavy atom. The monoisotopic (exact) mass is 262 g/mol. The average Bonchev–Trinajstić information content (AvgIpc) is 2.74. The van der Waals surface area contributed by atoms with E-state index in [1.54, 1.807) is 0 Å². The van der Waals surface area contributed by atoms with Crippen LogP contribution >= 0.6 is 0 Å². The number of rotatable bonds is 2. The van der Waals surface area contributed by atoms with Gasteiger partial charge in [0.25, 0.3) is 0 Å². The van der Waals surface area contributed by atoms with Crippen LogP contribution in [0.25, 0.3) is 0 Å². The van der Waals surface area contributed by atoms with Gasteiger partial charge in [0.1, 0.15) is 0 Å². The molecule has 0 heterocycles. The zero-order valence-electron chi connectivity index (χ0n) is 11.3. The number of hydrogen-bond acceptors (Lipinski definition) is 4. The highest BCUT2D eigenvalue weighted by Crippen LogP contribution is 2.48. The zero-order valence-corrected chi connectivity index (χ0v) is 11.3. The second kappa shape index (κ2) is 5.03. The van der Waals surface area contributed by atoms with Crippen LogP contribution in [0.2, 0.25) is 0 Å². The topological polar surface area (TPSA) is 52.6 Å². The van der Waals surface area contributed by atoms with Crippen LogP contribution < -0.4 is 0 Å². The molecule has 0 aliphatic heterocycles. The smallest absolute Gasteiger partial charge is 0.323 e. The summed E-state index contributed by atoms with van der Waals surface area (Å²) in [5, 5.41) is 0. The van der Waals surface area contributed by atoms with Gasteiger partial charge in [-0.2, -0.15) is 0 Å². The Bertz CT molecular complexity index is 480. The molecule has 0 aromatic heterocycles. The second-order valence-corrected chi connectivity index (χ2v) is 4.97. The summed E-state index contributed by atoms with van der Waals surface area (Å²) in [6.07, 6.45) is 6.49. The van der Waals surface area contributed by atoms with E-state index in [1.165, 1.54) is 14.2 Å². The van der Waals surface area contributed by atoms with Crippen molar-refractivity contribution in [1.29, 1.82) is 0 Å². The molecule has 0 atom stereocenters. The van der Waals surface area contributed by atoms with E-state index in [9.17, 15) is 9.59 Å². The Kier molecular flexibility index (Phi) is 3.60. The van der Waals surface area contributed by atoms with Crippen LogP contribution in [-0.4, -0.2) is 26.2 Å². The van der Waals surface area contributed by atoms with Gasteiger partial charge in [0.05, 0.1) is 14.2 Å². The Balaban J connectivity index is 2.40. The summed E-state index contributed by atoms with van der Waals surface area (Å²) >= 11 is 0. The van der Waals surface area contributed by atoms with Crippen LogP contribution in [-0.2, 0) is 19.1 Å². The molecular formula is C15H18O4. The van der Waals surface area contributed by atoms with Crippen molar-refractivity contribution in [1.82, 2.24) is 0 Å². The molecule has 0 bridgehead atoms. The fraction of sp³-hybridized carbons (Fsp3) is 0.467. The largest absolute Gasteiger partial charge is 0.468 e. The number of allylic oxidation sites excluding steroid dienone is 5. The van der Waals surface area contributed by atoms with Crippen molar-refractivity contribution in [2.24, 2.45) is 5.41 Å². The van der Waals surface area contributed by atoms with Gasteiger partial charge in [-0.3, -0.25) is 9.59 Å². The lowest BCUT2D eigenvalue weighted by molar-refractivity contribution is -0.168. The van der Waals surface area contributed by atoms with Crippen molar-refractivity contribution < 1.29 is 19.1 Å². The maximum Gasteiger partial charge on any atom is 0.323 e.